The topological polar surface area (TPSA) is 39.2 Å². The van der Waals surface area contributed by atoms with E-state index >= 15 is 0 Å². The second kappa shape index (κ2) is 7.42. The van der Waals surface area contributed by atoms with Crippen LogP contribution < -0.4 is 4.74 Å². The number of carbonyl (C=O) groups excluding carboxylic acids is 1. The van der Waals surface area contributed by atoms with E-state index in [1.807, 2.05) is 92.0 Å². The van der Waals surface area contributed by atoms with E-state index in [0.717, 1.165) is 27.5 Å². The van der Waals surface area contributed by atoms with E-state index in [1.165, 1.54) is 0 Å². The molecule has 3 nitrogen and oxygen atoms in total. The van der Waals surface area contributed by atoms with Crippen molar-refractivity contribution >= 4 is 16.7 Å². The number of aromatic nitrogens is 1. The maximum absolute atomic E-state index is 12.7. The molecule has 132 valence electrons. The Balaban J connectivity index is 1.75. The highest BCUT2D eigenvalue weighted by Crippen LogP contribution is 2.35. The average molecular weight is 353 g/mol. The quantitative estimate of drug-likeness (QED) is 0.464. The SMILES string of the molecule is Cc1ccccc1CC(=O)Oc1c(-c2ccccc2)ncc2ccccc12. The van der Waals surface area contributed by atoms with Crippen LogP contribution in [0.2, 0.25) is 0 Å². The summed E-state index contributed by atoms with van der Waals surface area (Å²) < 4.78 is 5.87. The van der Waals surface area contributed by atoms with Crippen molar-refractivity contribution in [3.63, 3.8) is 0 Å². The number of hydrogen-bond acceptors (Lipinski definition) is 3. The van der Waals surface area contributed by atoms with Crippen LogP contribution in [0.25, 0.3) is 22.0 Å². The summed E-state index contributed by atoms with van der Waals surface area (Å²) >= 11 is 0. The Kier molecular flexibility index (Phi) is 4.67. The minimum atomic E-state index is -0.292. The van der Waals surface area contributed by atoms with Gasteiger partial charge in [-0.05, 0) is 18.1 Å². The summed E-state index contributed by atoms with van der Waals surface area (Å²) in [5.41, 5.74) is 3.64. The summed E-state index contributed by atoms with van der Waals surface area (Å²) in [6.45, 7) is 2.00. The van der Waals surface area contributed by atoms with Crippen molar-refractivity contribution in [2.24, 2.45) is 0 Å². The lowest BCUT2D eigenvalue weighted by molar-refractivity contribution is -0.133. The highest BCUT2D eigenvalue weighted by Gasteiger charge is 2.17. The molecule has 0 N–H and O–H groups in total. The summed E-state index contributed by atoms with van der Waals surface area (Å²) in [4.78, 5) is 17.3. The Morgan fingerprint density at radius 3 is 2.41 bits per heavy atom. The number of aryl methyl sites for hydroxylation is 1. The van der Waals surface area contributed by atoms with Crippen LogP contribution in [-0.4, -0.2) is 11.0 Å². The number of esters is 1. The molecule has 0 spiro atoms. The van der Waals surface area contributed by atoms with E-state index in [1.54, 1.807) is 0 Å². The highest BCUT2D eigenvalue weighted by atomic mass is 16.5. The predicted octanol–water partition coefficient (Wildman–Crippen LogP) is 5.36. The Bertz CT molecular complexity index is 1100. The van der Waals surface area contributed by atoms with Crippen molar-refractivity contribution in [2.75, 3.05) is 0 Å². The van der Waals surface area contributed by atoms with Crippen LogP contribution >= 0.6 is 0 Å². The van der Waals surface area contributed by atoms with E-state index < -0.39 is 0 Å². The number of nitrogens with zero attached hydrogens (tertiary/aromatic N) is 1. The number of rotatable bonds is 4. The van der Waals surface area contributed by atoms with Gasteiger partial charge in [0.2, 0.25) is 0 Å². The maximum atomic E-state index is 12.7. The molecule has 0 saturated carbocycles. The first-order chi connectivity index (χ1) is 13.2. The number of hydrogen-bond donors (Lipinski definition) is 0. The highest BCUT2D eigenvalue weighted by molar-refractivity contribution is 5.95. The molecule has 0 bridgehead atoms. The van der Waals surface area contributed by atoms with Gasteiger partial charge in [-0.3, -0.25) is 9.78 Å². The first-order valence-electron chi connectivity index (χ1n) is 8.91. The second-order valence-electron chi connectivity index (χ2n) is 6.47. The number of benzene rings is 3. The van der Waals surface area contributed by atoms with Gasteiger partial charge in [-0.2, -0.15) is 0 Å². The zero-order valence-electron chi connectivity index (χ0n) is 15.1. The molecule has 0 unspecified atom stereocenters. The Hall–Kier alpha value is -3.46. The summed E-state index contributed by atoms with van der Waals surface area (Å²) in [7, 11) is 0. The number of carbonyl (C=O) groups is 1. The smallest absolute Gasteiger partial charge is 0.315 e. The molecule has 0 saturated heterocycles. The molecular formula is C24H19NO2. The van der Waals surface area contributed by atoms with Crippen LogP contribution in [-0.2, 0) is 11.2 Å². The van der Waals surface area contributed by atoms with Gasteiger partial charge >= 0.3 is 5.97 Å². The fourth-order valence-corrected chi connectivity index (χ4v) is 3.16. The molecule has 0 aliphatic carbocycles. The second-order valence-corrected chi connectivity index (χ2v) is 6.47. The normalized spacial score (nSPS) is 10.7. The molecule has 4 rings (SSSR count). The molecule has 3 heteroatoms. The lowest BCUT2D eigenvalue weighted by Gasteiger charge is -2.13. The number of pyridine rings is 1. The van der Waals surface area contributed by atoms with Crippen LogP contribution in [0.1, 0.15) is 11.1 Å². The monoisotopic (exact) mass is 353 g/mol. The fraction of sp³-hybridized carbons (Fsp3) is 0.0833. The van der Waals surface area contributed by atoms with Crippen molar-refractivity contribution in [3.05, 3.63) is 96.2 Å². The lowest BCUT2D eigenvalue weighted by Crippen LogP contribution is -2.13. The van der Waals surface area contributed by atoms with Gasteiger partial charge in [-0.1, -0.05) is 78.9 Å². The van der Waals surface area contributed by atoms with E-state index in [-0.39, 0.29) is 12.4 Å². The van der Waals surface area contributed by atoms with Gasteiger partial charge in [0.1, 0.15) is 5.69 Å². The van der Waals surface area contributed by atoms with Gasteiger partial charge in [0, 0.05) is 22.5 Å². The molecule has 1 aromatic heterocycles. The number of ether oxygens (including phenoxy) is 1. The summed E-state index contributed by atoms with van der Waals surface area (Å²) in [5.74, 6) is 0.220. The minimum absolute atomic E-state index is 0.226. The van der Waals surface area contributed by atoms with Crippen molar-refractivity contribution in [1.29, 1.82) is 0 Å². The molecule has 0 aliphatic rings. The Morgan fingerprint density at radius 2 is 1.59 bits per heavy atom. The average Bonchev–Trinajstić information content (AvgIpc) is 2.71. The third-order valence-electron chi connectivity index (χ3n) is 4.61. The molecule has 0 amide bonds. The van der Waals surface area contributed by atoms with Crippen molar-refractivity contribution < 1.29 is 9.53 Å². The minimum Gasteiger partial charge on any atom is -0.423 e. The molecule has 4 aromatic rings. The predicted molar refractivity (Wildman–Crippen MR) is 108 cm³/mol. The Morgan fingerprint density at radius 1 is 0.889 bits per heavy atom. The van der Waals surface area contributed by atoms with Gasteiger partial charge in [0.05, 0.1) is 6.42 Å². The van der Waals surface area contributed by atoms with Crippen LogP contribution in [0.5, 0.6) is 5.75 Å². The summed E-state index contributed by atoms with van der Waals surface area (Å²) in [5, 5.41) is 1.82. The summed E-state index contributed by atoms with van der Waals surface area (Å²) in [6.07, 6.45) is 2.04. The lowest BCUT2D eigenvalue weighted by atomic mass is 10.0. The van der Waals surface area contributed by atoms with Gasteiger partial charge in [0.25, 0.3) is 0 Å². The zero-order chi connectivity index (χ0) is 18.6. The maximum Gasteiger partial charge on any atom is 0.315 e. The molecule has 1 heterocycles. The molecule has 0 radical (unpaired) electrons. The fourth-order valence-electron chi connectivity index (χ4n) is 3.16. The Labute approximate surface area is 158 Å². The van der Waals surface area contributed by atoms with Crippen LogP contribution in [0.4, 0.5) is 0 Å². The van der Waals surface area contributed by atoms with Crippen molar-refractivity contribution in [1.82, 2.24) is 4.98 Å². The molecular weight excluding hydrogens is 334 g/mol. The van der Waals surface area contributed by atoms with Crippen molar-refractivity contribution in [2.45, 2.75) is 13.3 Å². The standard InChI is InChI=1S/C24H19NO2/c1-17-9-5-6-12-19(17)15-22(26)27-24-21-14-8-7-13-20(21)16-25-23(24)18-10-3-2-4-11-18/h2-14,16H,15H2,1H3. The molecule has 27 heavy (non-hydrogen) atoms. The third-order valence-corrected chi connectivity index (χ3v) is 4.61. The molecule has 0 fully saturated rings. The van der Waals surface area contributed by atoms with E-state index in [9.17, 15) is 4.79 Å². The van der Waals surface area contributed by atoms with Crippen LogP contribution in [0, 0.1) is 6.92 Å². The van der Waals surface area contributed by atoms with Crippen LogP contribution in [0.3, 0.4) is 0 Å². The van der Waals surface area contributed by atoms with E-state index in [0.29, 0.717) is 11.4 Å². The van der Waals surface area contributed by atoms with Crippen molar-refractivity contribution in [3.8, 4) is 17.0 Å². The van der Waals surface area contributed by atoms with E-state index in [2.05, 4.69) is 4.98 Å². The van der Waals surface area contributed by atoms with Gasteiger partial charge in [-0.15, -0.1) is 0 Å². The first kappa shape index (κ1) is 17.0. The van der Waals surface area contributed by atoms with E-state index in [4.69, 9.17) is 4.74 Å². The van der Waals surface area contributed by atoms with Gasteiger partial charge < -0.3 is 4.74 Å². The number of fused-ring (bicyclic) bond motifs is 1. The molecule has 3 aromatic carbocycles. The summed E-state index contributed by atoms with van der Waals surface area (Å²) in [6, 6.07) is 25.5. The molecule has 0 aliphatic heterocycles. The molecule has 0 atom stereocenters. The largest absolute Gasteiger partial charge is 0.423 e. The van der Waals surface area contributed by atoms with Crippen LogP contribution in [0.15, 0.2) is 85.1 Å². The van der Waals surface area contributed by atoms with Gasteiger partial charge in [-0.25, -0.2) is 0 Å². The first-order valence-corrected chi connectivity index (χ1v) is 8.91. The third kappa shape index (κ3) is 3.58. The van der Waals surface area contributed by atoms with Gasteiger partial charge in [0.15, 0.2) is 5.75 Å². The zero-order valence-corrected chi connectivity index (χ0v) is 15.1.